The van der Waals surface area contributed by atoms with Crippen LogP contribution in [0.15, 0.2) is 47.5 Å². The van der Waals surface area contributed by atoms with Crippen molar-refractivity contribution in [3.05, 3.63) is 53.6 Å². The number of ether oxygens (including phenoxy) is 3. The van der Waals surface area contributed by atoms with Crippen LogP contribution in [0.3, 0.4) is 0 Å². The Balaban J connectivity index is 1.59. The Labute approximate surface area is 161 Å². The predicted molar refractivity (Wildman–Crippen MR) is 108 cm³/mol. The Morgan fingerprint density at radius 1 is 0.963 bits per heavy atom. The smallest absolute Gasteiger partial charge is 0.203 e. The van der Waals surface area contributed by atoms with Crippen molar-refractivity contribution < 1.29 is 14.2 Å². The third kappa shape index (κ3) is 5.01. The van der Waals surface area contributed by atoms with Crippen LogP contribution in [0.1, 0.15) is 24.0 Å². The molecule has 0 N–H and O–H groups in total. The molecule has 1 aliphatic heterocycles. The second-order valence-electron chi connectivity index (χ2n) is 6.73. The van der Waals surface area contributed by atoms with E-state index in [2.05, 4.69) is 35.2 Å². The van der Waals surface area contributed by atoms with Crippen molar-refractivity contribution in [3.8, 4) is 17.2 Å². The lowest BCUT2D eigenvalue weighted by atomic mass is 10.0. The summed E-state index contributed by atoms with van der Waals surface area (Å²) in [5.41, 5.74) is 2.33. The number of hydrogen-bond donors (Lipinski definition) is 0. The monoisotopic (exact) mass is 368 g/mol. The molecule has 1 aliphatic rings. The lowest BCUT2D eigenvalue weighted by Crippen LogP contribution is -2.34. The van der Waals surface area contributed by atoms with Gasteiger partial charge in [0.2, 0.25) is 5.75 Å². The van der Waals surface area contributed by atoms with Crippen LogP contribution < -0.4 is 14.2 Å². The summed E-state index contributed by atoms with van der Waals surface area (Å²) >= 11 is 0. The quantitative estimate of drug-likeness (QED) is 0.698. The normalized spacial score (nSPS) is 15.8. The Kier molecular flexibility index (Phi) is 6.71. The highest BCUT2D eigenvalue weighted by atomic mass is 16.5. The third-order valence-electron chi connectivity index (χ3n) is 4.93. The maximum absolute atomic E-state index is 5.41. The molecule has 0 bridgehead atoms. The van der Waals surface area contributed by atoms with Gasteiger partial charge in [0.15, 0.2) is 11.5 Å². The van der Waals surface area contributed by atoms with Crippen LogP contribution in [0, 0.1) is 0 Å². The van der Waals surface area contributed by atoms with E-state index in [1.807, 2.05) is 18.3 Å². The molecular weight excluding hydrogens is 340 g/mol. The molecule has 1 heterocycles. The first-order valence-electron chi connectivity index (χ1n) is 9.33. The van der Waals surface area contributed by atoms with Gasteiger partial charge in [-0.2, -0.15) is 0 Å². The van der Waals surface area contributed by atoms with E-state index in [1.54, 1.807) is 21.3 Å². The molecule has 5 nitrogen and oxygen atoms in total. The van der Waals surface area contributed by atoms with E-state index >= 15 is 0 Å². The SMILES string of the molecule is COc1cc(C=NC2CCN(Cc3ccccc3)CC2)cc(OC)c1OC. The average Bonchev–Trinajstić information content (AvgIpc) is 2.73. The zero-order valence-corrected chi connectivity index (χ0v) is 16.4. The van der Waals surface area contributed by atoms with Gasteiger partial charge >= 0.3 is 0 Å². The highest BCUT2D eigenvalue weighted by Crippen LogP contribution is 2.37. The number of piperidine rings is 1. The van der Waals surface area contributed by atoms with Crippen molar-refractivity contribution in [2.45, 2.75) is 25.4 Å². The fraction of sp³-hybridized carbons (Fsp3) is 0.409. The number of nitrogens with zero attached hydrogens (tertiary/aromatic N) is 2. The van der Waals surface area contributed by atoms with Crippen LogP contribution in [0.2, 0.25) is 0 Å². The Hall–Kier alpha value is -2.53. The van der Waals surface area contributed by atoms with Gasteiger partial charge in [-0.3, -0.25) is 9.89 Å². The maximum atomic E-state index is 5.41. The summed E-state index contributed by atoms with van der Waals surface area (Å²) < 4.78 is 16.2. The van der Waals surface area contributed by atoms with Crippen molar-refractivity contribution in [2.24, 2.45) is 4.99 Å². The van der Waals surface area contributed by atoms with Gasteiger partial charge < -0.3 is 14.2 Å². The van der Waals surface area contributed by atoms with Crippen molar-refractivity contribution in [1.29, 1.82) is 0 Å². The van der Waals surface area contributed by atoms with E-state index in [1.165, 1.54) is 5.56 Å². The number of hydrogen-bond acceptors (Lipinski definition) is 5. The van der Waals surface area contributed by atoms with E-state index in [-0.39, 0.29) is 0 Å². The fourth-order valence-corrected chi connectivity index (χ4v) is 3.44. The summed E-state index contributed by atoms with van der Waals surface area (Å²) in [6, 6.07) is 14.9. The van der Waals surface area contributed by atoms with Crippen molar-refractivity contribution >= 4 is 6.21 Å². The minimum absolute atomic E-state index is 0.358. The second kappa shape index (κ2) is 9.42. The molecule has 3 rings (SSSR count). The number of likely N-dealkylation sites (tertiary alicyclic amines) is 1. The van der Waals surface area contributed by atoms with Crippen LogP contribution in [-0.4, -0.2) is 51.6 Å². The van der Waals surface area contributed by atoms with E-state index in [0.29, 0.717) is 23.3 Å². The fourth-order valence-electron chi connectivity index (χ4n) is 3.44. The minimum Gasteiger partial charge on any atom is -0.493 e. The minimum atomic E-state index is 0.358. The number of rotatable bonds is 7. The summed E-state index contributed by atoms with van der Waals surface area (Å²) in [5, 5.41) is 0. The topological polar surface area (TPSA) is 43.3 Å². The lowest BCUT2D eigenvalue weighted by molar-refractivity contribution is 0.206. The van der Waals surface area contributed by atoms with Gasteiger partial charge in [-0.05, 0) is 36.1 Å². The van der Waals surface area contributed by atoms with Gasteiger partial charge in [0.05, 0.1) is 27.4 Å². The molecule has 27 heavy (non-hydrogen) atoms. The Bertz CT molecular complexity index is 728. The van der Waals surface area contributed by atoms with E-state index < -0.39 is 0 Å². The van der Waals surface area contributed by atoms with Gasteiger partial charge in [-0.1, -0.05) is 30.3 Å². The van der Waals surface area contributed by atoms with Gasteiger partial charge in [0.1, 0.15) is 0 Å². The molecule has 1 saturated heterocycles. The zero-order valence-electron chi connectivity index (χ0n) is 16.4. The van der Waals surface area contributed by atoms with Crippen LogP contribution >= 0.6 is 0 Å². The van der Waals surface area contributed by atoms with E-state index in [0.717, 1.165) is 38.0 Å². The lowest BCUT2D eigenvalue weighted by Gasteiger charge is -2.30. The molecule has 0 aromatic heterocycles. The molecule has 0 aliphatic carbocycles. The van der Waals surface area contributed by atoms with Crippen molar-refractivity contribution in [2.75, 3.05) is 34.4 Å². The molecule has 0 atom stereocenters. The molecule has 0 radical (unpaired) electrons. The molecule has 0 saturated carbocycles. The van der Waals surface area contributed by atoms with Crippen molar-refractivity contribution in [3.63, 3.8) is 0 Å². The molecule has 2 aromatic carbocycles. The van der Waals surface area contributed by atoms with Gasteiger partial charge in [-0.25, -0.2) is 0 Å². The summed E-state index contributed by atoms with van der Waals surface area (Å²) in [4.78, 5) is 7.30. The maximum Gasteiger partial charge on any atom is 0.203 e. The Morgan fingerprint density at radius 2 is 1.59 bits per heavy atom. The van der Waals surface area contributed by atoms with Gasteiger partial charge in [-0.15, -0.1) is 0 Å². The molecular formula is C22H28N2O3. The first-order valence-corrected chi connectivity index (χ1v) is 9.33. The van der Waals surface area contributed by atoms with Gasteiger partial charge in [0, 0.05) is 25.8 Å². The molecule has 2 aromatic rings. The molecule has 0 amide bonds. The largest absolute Gasteiger partial charge is 0.493 e. The number of aliphatic imine (C=N–C) groups is 1. The van der Waals surface area contributed by atoms with Crippen LogP contribution in [-0.2, 0) is 6.54 Å². The first-order chi connectivity index (χ1) is 13.2. The second-order valence-corrected chi connectivity index (χ2v) is 6.73. The van der Waals surface area contributed by atoms with Crippen molar-refractivity contribution in [1.82, 2.24) is 4.90 Å². The van der Waals surface area contributed by atoms with Crippen LogP contribution in [0.4, 0.5) is 0 Å². The predicted octanol–water partition coefficient (Wildman–Crippen LogP) is 3.80. The third-order valence-corrected chi connectivity index (χ3v) is 4.93. The zero-order chi connectivity index (χ0) is 19.1. The first kappa shape index (κ1) is 19.2. The van der Waals surface area contributed by atoms with Gasteiger partial charge in [0.25, 0.3) is 0 Å². The summed E-state index contributed by atoms with van der Waals surface area (Å²) in [7, 11) is 4.86. The van der Waals surface area contributed by atoms with E-state index in [9.17, 15) is 0 Å². The molecule has 0 spiro atoms. The van der Waals surface area contributed by atoms with Crippen LogP contribution in [0.5, 0.6) is 17.2 Å². The average molecular weight is 368 g/mol. The number of benzene rings is 2. The molecule has 5 heteroatoms. The highest BCUT2D eigenvalue weighted by molar-refractivity contribution is 5.82. The highest BCUT2D eigenvalue weighted by Gasteiger charge is 2.18. The summed E-state index contributed by atoms with van der Waals surface area (Å²) in [6.45, 7) is 3.17. The number of methoxy groups -OCH3 is 3. The summed E-state index contributed by atoms with van der Waals surface area (Å²) in [6.07, 6.45) is 4.07. The summed E-state index contributed by atoms with van der Waals surface area (Å²) in [5.74, 6) is 1.90. The molecule has 1 fully saturated rings. The molecule has 0 unspecified atom stereocenters. The van der Waals surface area contributed by atoms with Crippen LogP contribution in [0.25, 0.3) is 0 Å². The Morgan fingerprint density at radius 3 is 2.15 bits per heavy atom. The van der Waals surface area contributed by atoms with E-state index in [4.69, 9.17) is 19.2 Å². The standard InChI is InChI=1S/C22H28N2O3/c1-25-20-13-18(14-21(26-2)22(20)27-3)15-23-19-9-11-24(12-10-19)16-17-7-5-4-6-8-17/h4-8,13-15,19H,9-12,16H2,1-3H3. The molecule has 144 valence electrons.